The normalized spacial score (nSPS) is 18.6. The Labute approximate surface area is 167 Å². The zero-order valence-electron chi connectivity index (χ0n) is 16.2. The first kappa shape index (κ1) is 19.4. The Hall–Kier alpha value is -1.96. The molecule has 0 bridgehead atoms. The van der Waals surface area contributed by atoms with Gasteiger partial charge in [0.25, 0.3) is 0 Å². The average Bonchev–Trinajstić information content (AvgIpc) is 2.75. The van der Waals surface area contributed by atoms with E-state index in [9.17, 15) is 8.42 Å². The van der Waals surface area contributed by atoms with E-state index in [0.717, 1.165) is 57.7 Å². The molecule has 2 aromatic rings. The number of benzene rings is 1. The van der Waals surface area contributed by atoms with Gasteiger partial charge in [0.1, 0.15) is 10.7 Å². The molecule has 28 heavy (non-hydrogen) atoms. The van der Waals surface area contributed by atoms with Gasteiger partial charge in [-0.3, -0.25) is 4.90 Å². The number of anilines is 1. The van der Waals surface area contributed by atoms with E-state index in [1.807, 2.05) is 0 Å². The molecule has 1 fully saturated rings. The summed E-state index contributed by atoms with van der Waals surface area (Å²) >= 11 is 0. The van der Waals surface area contributed by atoms with Gasteiger partial charge in [-0.15, -0.1) is 0 Å². The zero-order chi connectivity index (χ0) is 19.4. The van der Waals surface area contributed by atoms with Crippen LogP contribution < -0.4 is 5.32 Å². The van der Waals surface area contributed by atoms with Gasteiger partial charge in [0.05, 0.1) is 0 Å². The van der Waals surface area contributed by atoms with Crippen molar-refractivity contribution in [2.24, 2.45) is 0 Å². The lowest BCUT2D eigenvalue weighted by molar-refractivity contribution is 0.264. The molecule has 6 nitrogen and oxygen atoms in total. The molecule has 2 aliphatic rings. The smallest absolute Gasteiger partial charge is 0.244 e. The summed E-state index contributed by atoms with van der Waals surface area (Å²) in [6.45, 7) is 5.00. The average molecular weight is 401 g/mol. The summed E-state index contributed by atoms with van der Waals surface area (Å²) in [4.78, 5) is 7.04. The van der Waals surface area contributed by atoms with Gasteiger partial charge in [-0.05, 0) is 42.5 Å². The first-order valence-corrected chi connectivity index (χ1v) is 11.6. The van der Waals surface area contributed by atoms with E-state index >= 15 is 0 Å². The van der Waals surface area contributed by atoms with Crippen molar-refractivity contribution in [1.29, 1.82) is 0 Å². The van der Waals surface area contributed by atoms with Crippen LogP contribution in [0.25, 0.3) is 0 Å². The summed E-state index contributed by atoms with van der Waals surface area (Å²) in [5.74, 6) is 0.718. The second-order valence-electron chi connectivity index (χ2n) is 7.57. The van der Waals surface area contributed by atoms with Gasteiger partial charge in [-0.1, -0.05) is 30.7 Å². The summed E-state index contributed by atoms with van der Waals surface area (Å²) in [6, 6.07) is 12.1. The Morgan fingerprint density at radius 1 is 0.964 bits per heavy atom. The number of hydrogen-bond donors (Lipinski definition) is 1. The van der Waals surface area contributed by atoms with Crippen LogP contribution in [0.1, 0.15) is 30.4 Å². The van der Waals surface area contributed by atoms with Gasteiger partial charge in [-0.25, -0.2) is 13.4 Å². The van der Waals surface area contributed by atoms with Crippen LogP contribution in [-0.4, -0.2) is 55.3 Å². The number of fused-ring (bicyclic) bond motifs is 1. The molecule has 0 saturated carbocycles. The van der Waals surface area contributed by atoms with Gasteiger partial charge in [-0.2, -0.15) is 4.31 Å². The van der Waals surface area contributed by atoms with Crippen molar-refractivity contribution in [1.82, 2.24) is 14.2 Å². The Balaban J connectivity index is 1.29. The monoisotopic (exact) mass is 400 g/mol. The highest BCUT2D eigenvalue weighted by atomic mass is 32.2. The van der Waals surface area contributed by atoms with Crippen molar-refractivity contribution in [3.63, 3.8) is 0 Å². The zero-order valence-corrected chi connectivity index (χ0v) is 17.0. The maximum atomic E-state index is 12.7. The fourth-order valence-corrected chi connectivity index (χ4v) is 5.44. The van der Waals surface area contributed by atoms with Gasteiger partial charge in [0.2, 0.25) is 10.0 Å². The van der Waals surface area contributed by atoms with Gasteiger partial charge in [0, 0.05) is 45.5 Å². The van der Waals surface area contributed by atoms with Crippen LogP contribution >= 0.6 is 0 Å². The van der Waals surface area contributed by atoms with Crippen LogP contribution in [0.15, 0.2) is 47.5 Å². The van der Waals surface area contributed by atoms with Crippen LogP contribution in [0.4, 0.5) is 5.82 Å². The summed E-state index contributed by atoms with van der Waals surface area (Å²) in [7, 11) is -3.41. The van der Waals surface area contributed by atoms with Crippen molar-refractivity contribution < 1.29 is 8.42 Å². The van der Waals surface area contributed by atoms with Crippen molar-refractivity contribution in [3.05, 3.63) is 53.7 Å². The summed E-state index contributed by atoms with van der Waals surface area (Å²) in [5.41, 5.74) is 2.87. The number of aromatic nitrogens is 1. The molecule has 4 rings (SSSR count). The first-order valence-electron chi connectivity index (χ1n) is 10.1. The highest BCUT2D eigenvalue weighted by Gasteiger charge is 2.26. The minimum atomic E-state index is -3.41. The number of nitrogens with zero attached hydrogens (tertiary/aromatic N) is 3. The molecule has 1 saturated heterocycles. The highest BCUT2D eigenvalue weighted by molar-refractivity contribution is 7.89. The molecule has 1 aromatic heterocycles. The quantitative estimate of drug-likeness (QED) is 0.808. The number of hydrogen-bond acceptors (Lipinski definition) is 5. The molecule has 3 heterocycles. The van der Waals surface area contributed by atoms with E-state index < -0.39 is 10.0 Å². The fourth-order valence-electron chi connectivity index (χ4n) is 3.98. The molecule has 1 aromatic carbocycles. The minimum Gasteiger partial charge on any atom is -0.369 e. The van der Waals surface area contributed by atoms with Crippen LogP contribution in [-0.2, 0) is 23.0 Å². The molecule has 0 spiro atoms. The molecule has 2 aliphatic heterocycles. The van der Waals surface area contributed by atoms with Crippen LogP contribution in [0.3, 0.4) is 0 Å². The standard InChI is InChI=1S/C21H28N4O2S/c26-28(27,25-12-4-1-5-13-25)20-8-9-21(23-16-20)22-11-15-24-14-10-18-6-2-3-7-19(18)17-24/h2-3,6-9,16H,1,4-5,10-15,17H2,(H,22,23). The number of nitrogens with one attached hydrogen (secondary N) is 1. The second kappa shape index (κ2) is 8.59. The predicted octanol–water partition coefficient (Wildman–Crippen LogP) is 2.73. The van der Waals surface area contributed by atoms with Crippen LogP contribution in [0.2, 0.25) is 0 Å². The first-order chi connectivity index (χ1) is 13.6. The van der Waals surface area contributed by atoms with Gasteiger partial charge < -0.3 is 5.32 Å². The van der Waals surface area contributed by atoms with Gasteiger partial charge in [0.15, 0.2) is 0 Å². The third-order valence-electron chi connectivity index (χ3n) is 5.63. The minimum absolute atomic E-state index is 0.285. The lowest BCUT2D eigenvalue weighted by Crippen LogP contribution is -2.35. The maximum Gasteiger partial charge on any atom is 0.244 e. The van der Waals surface area contributed by atoms with E-state index in [-0.39, 0.29) is 4.90 Å². The van der Waals surface area contributed by atoms with Crippen molar-refractivity contribution in [2.45, 2.75) is 37.1 Å². The Morgan fingerprint density at radius 3 is 2.50 bits per heavy atom. The van der Waals surface area contributed by atoms with Crippen molar-refractivity contribution in [2.75, 3.05) is 38.0 Å². The molecule has 0 unspecified atom stereocenters. The van der Waals surface area contributed by atoms with E-state index in [0.29, 0.717) is 13.1 Å². The van der Waals surface area contributed by atoms with Crippen molar-refractivity contribution >= 4 is 15.8 Å². The number of sulfonamides is 1. The topological polar surface area (TPSA) is 65.5 Å². The molecule has 150 valence electrons. The van der Waals surface area contributed by atoms with Crippen LogP contribution in [0, 0.1) is 0 Å². The molecular formula is C21H28N4O2S. The third-order valence-corrected chi connectivity index (χ3v) is 7.52. The molecule has 0 radical (unpaired) electrons. The van der Waals surface area contributed by atoms with E-state index in [1.54, 1.807) is 16.4 Å². The summed E-state index contributed by atoms with van der Waals surface area (Å²) < 4.78 is 26.9. The highest BCUT2D eigenvalue weighted by Crippen LogP contribution is 2.21. The second-order valence-corrected chi connectivity index (χ2v) is 9.50. The molecule has 0 atom stereocenters. The lowest BCUT2D eigenvalue weighted by Gasteiger charge is -2.28. The number of pyridine rings is 1. The Bertz CT molecular complexity index is 893. The Morgan fingerprint density at radius 2 is 1.75 bits per heavy atom. The SMILES string of the molecule is O=S(=O)(c1ccc(NCCN2CCc3ccccc3C2)nc1)N1CCCCC1. The third kappa shape index (κ3) is 4.37. The summed E-state index contributed by atoms with van der Waals surface area (Å²) in [5, 5.41) is 3.31. The van der Waals surface area contributed by atoms with Gasteiger partial charge >= 0.3 is 0 Å². The van der Waals surface area contributed by atoms with E-state index in [4.69, 9.17) is 0 Å². The predicted molar refractivity (Wildman–Crippen MR) is 111 cm³/mol. The van der Waals surface area contributed by atoms with E-state index in [2.05, 4.69) is 39.5 Å². The Kier molecular flexibility index (Phi) is 5.94. The number of piperidine rings is 1. The maximum absolute atomic E-state index is 12.7. The molecular weight excluding hydrogens is 372 g/mol. The van der Waals surface area contributed by atoms with Crippen LogP contribution in [0.5, 0.6) is 0 Å². The van der Waals surface area contributed by atoms with E-state index in [1.165, 1.54) is 17.3 Å². The van der Waals surface area contributed by atoms with Crippen molar-refractivity contribution in [3.8, 4) is 0 Å². The lowest BCUT2D eigenvalue weighted by atomic mass is 10.00. The molecule has 7 heteroatoms. The fraction of sp³-hybridized carbons (Fsp3) is 0.476. The summed E-state index contributed by atoms with van der Waals surface area (Å²) in [6.07, 6.45) is 5.55. The molecule has 0 aliphatic carbocycles. The largest absolute Gasteiger partial charge is 0.369 e. The molecule has 0 amide bonds. The molecule has 1 N–H and O–H groups in total. The number of rotatable bonds is 6.